The number of sulfonamides is 1. The zero-order valence-electron chi connectivity index (χ0n) is 24.7. The van der Waals surface area contributed by atoms with Crippen molar-refractivity contribution in [2.45, 2.75) is 37.3 Å². The van der Waals surface area contributed by atoms with Crippen LogP contribution in [0.2, 0.25) is 0 Å². The van der Waals surface area contributed by atoms with Crippen molar-refractivity contribution in [3.8, 4) is 11.5 Å². The molecule has 1 aliphatic heterocycles. The second-order valence-corrected chi connectivity index (χ2v) is 12.7. The van der Waals surface area contributed by atoms with E-state index in [1.165, 1.54) is 23.5 Å². The minimum Gasteiger partial charge on any atom is -0.497 e. The first-order chi connectivity index (χ1) is 20.5. The molecular weight excluding hydrogens is 572 g/mol. The lowest BCUT2D eigenvalue weighted by Gasteiger charge is -2.33. The topological polar surface area (TPSA) is 138 Å². The van der Waals surface area contributed by atoms with Gasteiger partial charge in [-0.15, -0.1) is 0 Å². The first-order valence-corrected chi connectivity index (χ1v) is 15.4. The number of carbonyl (C=O) groups excluding carboxylic acids is 2. The van der Waals surface area contributed by atoms with Gasteiger partial charge in [-0.2, -0.15) is 4.31 Å². The lowest BCUT2D eigenvalue weighted by Crippen LogP contribution is -2.48. The van der Waals surface area contributed by atoms with Crippen LogP contribution in [0.3, 0.4) is 0 Å². The van der Waals surface area contributed by atoms with E-state index in [4.69, 9.17) is 9.47 Å². The minimum absolute atomic E-state index is 0.0254. The molecular formula is C31H38N4O7S. The molecule has 0 aliphatic carbocycles. The summed E-state index contributed by atoms with van der Waals surface area (Å²) in [5.74, 6) is 0.568. The first kappa shape index (κ1) is 31.8. The molecule has 3 atom stereocenters. The maximum Gasteiger partial charge on any atom is 0.323 e. The quantitative estimate of drug-likeness (QED) is 0.335. The van der Waals surface area contributed by atoms with E-state index in [1.54, 1.807) is 79.6 Å². The second kappa shape index (κ2) is 13.9. The highest BCUT2D eigenvalue weighted by Gasteiger charge is 2.33. The number of amides is 3. The van der Waals surface area contributed by atoms with Crippen molar-refractivity contribution in [3.05, 3.63) is 78.4 Å². The summed E-state index contributed by atoms with van der Waals surface area (Å²) in [5, 5.41) is 15.4. The van der Waals surface area contributed by atoms with E-state index in [2.05, 4.69) is 10.6 Å². The van der Waals surface area contributed by atoms with Crippen molar-refractivity contribution in [3.63, 3.8) is 0 Å². The minimum atomic E-state index is -3.79. The summed E-state index contributed by atoms with van der Waals surface area (Å²) in [7, 11) is -0.735. The lowest BCUT2D eigenvalue weighted by atomic mass is 10.0. The van der Waals surface area contributed by atoms with Gasteiger partial charge in [0.25, 0.3) is 0 Å². The van der Waals surface area contributed by atoms with E-state index in [1.807, 2.05) is 6.92 Å². The number of ether oxygens (including phenoxy) is 2. The number of benzene rings is 3. The van der Waals surface area contributed by atoms with Gasteiger partial charge in [0.15, 0.2) is 0 Å². The van der Waals surface area contributed by atoms with Gasteiger partial charge in [-0.1, -0.05) is 25.1 Å². The Balaban J connectivity index is 1.60. The van der Waals surface area contributed by atoms with Crippen LogP contribution >= 0.6 is 0 Å². The third-order valence-corrected chi connectivity index (χ3v) is 9.25. The van der Waals surface area contributed by atoms with Gasteiger partial charge < -0.3 is 30.1 Å². The average Bonchev–Trinajstić information content (AvgIpc) is 3.04. The molecule has 0 saturated heterocycles. The predicted octanol–water partition coefficient (Wildman–Crippen LogP) is 3.81. The zero-order valence-corrected chi connectivity index (χ0v) is 25.5. The number of nitrogens with one attached hydrogen (secondary N) is 2. The van der Waals surface area contributed by atoms with Crippen LogP contribution < -0.4 is 20.1 Å². The van der Waals surface area contributed by atoms with Crippen LogP contribution in [0, 0.1) is 5.92 Å². The molecule has 3 aromatic carbocycles. The number of methoxy groups -OCH3 is 1. The second-order valence-electron chi connectivity index (χ2n) is 10.6. The SMILES string of the molecule is COc1ccc(NC(=O)Nc2ccc3c(c2)CC(=O)N([C@H](C)CO)C[C@H](C)[C@H](CN(C)S(=O)(=O)c2ccccc2)O3)cc1. The molecule has 3 N–H and O–H groups in total. The molecule has 230 valence electrons. The lowest BCUT2D eigenvalue weighted by molar-refractivity contribution is -0.134. The Labute approximate surface area is 252 Å². The molecule has 4 rings (SSSR count). The third-order valence-electron chi connectivity index (χ3n) is 7.41. The number of aliphatic hydroxyl groups excluding tert-OH is 1. The van der Waals surface area contributed by atoms with Crippen LogP contribution in [0.1, 0.15) is 19.4 Å². The summed E-state index contributed by atoms with van der Waals surface area (Å²) in [5.41, 5.74) is 1.53. The van der Waals surface area contributed by atoms with Gasteiger partial charge in [0.2, 0.25) is 15.9 Å². The fraction of sp³-hybridized carbons (Fsp3) is 0.355. The molecule has 43 heavy (non-hydrogen) atoms. The molecule has 0 radical (unpaired) electrons. The van der Waals surface area contributed by atoms with Crippen LogP contribution in [0.25, 0.3) is 0 Å². The Morgan fingerprint density at radius 1 is 1.09 bits per heavy atom. The number of hydrogen-bond donors (Lipinski definition) is 3. The van der Waals surface area contributed by atoms with Gasteiger partial charge in [-0.25, -0.2) is 13.2 Å². The van der Waals surface area contributed by atoms with Crippen LogP contribution in [-0.4, -0.2) is 80.7 Å². The van der Waals surface area contributed by atoms with Crippen molar-refractivity contribution in [2.75, 3.05) is 44.5 Å². The molecule has 3 aromatic rings. The fourth-order valence-corrected chi connectivity index (χ4v) is 6.02. The van der Waals surface area contributed by atoms with Crippen molar-refractivity contribution >= 4 is 33.3 Å². The summed E-state index contributed by atoms with van der Waals surface area (Å²) in [6, 6.07) is 19.1. The van der Waals surface area contributed by atoms with E-state index in [-0.39, 0.29) is 42.8 Å². The van der Waals surface area contributed by atoms with Gasteiger partial charge in [-0.3, -0.25) is 4.79 Å². The Hall–Kier alpha value is -4.13. The summed E-state index contributed by atoms with van der Waals surface area (Å²) in [4.78, 5) is 27.9. The van der Waals surface area contributed by atoms with Gasteiger partial charge in [0, 0.05) is 36.4 Å². The Morgan fingerprint density at radius 3 is 2.40 bits per heavy atom. The Kier molecular flexibility index (Phi) is 10.3. The normalized spacial score (nSPS) is 18.0. The van der Waals surface area contributed by atoms with Gasteiger partial charge in [-0.05, 0) is 61.5 Å². The summed E-state index contributed by atoms with van der Waals surface area (Å²) in [6.07, 6.45) is -0.661. The van der Waals surface area contributed by atoms with E-state index in [0.29, 0.717) is 28.4 Å². The maximum absolute atomic E-state index is 13.5. The van der Waals surface area contributed by atoms with Crippen molar-refractivity contribution in [1.29, 1.82) is 0 Å². The van der Waals surface area contributed by atoms with Crippen molar-refractivity contribution in [2.24, 2.45) is 5.92 Å². The van der Waals surface area contributed by atoms with E-state index >= 15 is 0 Å². The number of rotatable bonds is 9. The number of aliphatic hydroxyl groups is 1. The molecule has 1 aliphatic rings. The molecule has 12 heteroatoms. The number of hydrogen-bond acceptors (Lipinski definition) is 7. The molecule has 0 aromatic heterocycles. The van der Waals surface area contributed by atoms with Crippen LogP contribution in [0.15, 0.2) is 77.7 Å². The first-order valence-electron chi connectivity index (χ1n) is 13.9. The van der Waals surface area contributed by atoms with E-state index in [9.17, 15) is 23.1 Å². The monoisotopic (exact) mass is 610 g/mol. The third kappa shape index (κ3) is 7.83. The number of carbonyl (C=O) groups is 2. The zero-order chi connectivity index (χ0) is 31.1. The average molecular weight is 611 g/mol. The number of urea groups is 1. The van der Waals surface area contributed by atoms with Gasteiger partial charge in [0.1, 0.15) is 17.6 Å². The summed E-state index contributed by atoms with van der Waals surface area (Å²) < 4.78 is 39.4. The molecule has 0 fully saturated rings. The maximum atomic E-state index is 13.5. The van der Waals surface area contributed by atoms with Crippen LogP contribution in [-0.2, 0) is 21.2 Å². The van der Waals surface area contributed by atoms with E-state index < -0.39 is 28.2 Å². The predicted molar refractivity (Wildman–Crippen MR) is 164 cm³/mol. The Morgan fingerprint density at radius 2 is 1.74 bits per heavy atom. The van der Waals surface area contributed by atoms with Gasteiger partial charge >= 0.3 is 6.03 Å². The molecule has 0 saturated carbocycles. The van der Waals surface area contributed by atoms with Crippen molar-refractivity contribution in [1.82, 2.24) is 9.21 Å². The molecule has 11 nitrogen and oxygen atoms in total. The summed E-state index contributed by atoms with van der Waals surface area (Å²) >= 11 is 0. The highest BCUT2D eigenvalue weighted by atomic mass is 32.2. The molecule has 0 spiro atoms. The molecule has 3 amide bonds. The van der Waals surface area contributed by atoms with Crippen LogP contribution in [0.5, 0.6) is 11.5 Å². The highest BCUT2D eigenvalue weighted by Crippen LogP contribution is 2.30. The Bertz CT molecular complexity index is 1520. The molecule has 1 heterocycles. The smallest absolute Gasteiger partial charge is 0.323 e. The van der Waals surface area contributed by atoms with Gasteiger partial charge in [0.05, 0.1) is 37.6 Å². The number of likely N-dealkylation sites (N-methyl/N-ethyl adjacent to an activating group) is 1. The van der Waals surface area contributed by atoms with Crippen LogP contribution in [0.4, 0.5) is 16.2 Å². The standard InChI is InChI=1S/C31H38N4O7S/c1-21-18-35(22(2)20-36)30(37)17-23-16-25(33-31(38)32-24-10-13-26(41-4)14-11-24)12-15-28(23)42-29(21)19-34(3)43(39,40)27-8-6-5-7-9-27/h5-16,21-22,29,36H,17-20H2,1-4H3,(H2,32,33,38)/t21-,22+,29-/m0/s1. The highest BCUT2D eigenvalue weighted by molar-refractivity contribution is 7.89. The number of fused-ring (bicyclic) bond motifs is 1. The number of anilines is 2. The molecule has 0 bridgehead atoms. The largest absolute Gasteiger partial charge is 0.497 e. The fourth-order valence-electron chi connectivity index (χ4n) is 4.82. The summed E-state index contributed by atoms with van der Waals surface area (Å²) in [6.45, 7) is 3.70. The molecule has 0 unspecified atom stereocenters. The van der Waals surface area contributed by atoms with E-state index in [0.717, 1.165) is 0 Å². The van der Waals surface area contributed by atoms with Crippen molar-refractivity contribution < 1.29 is 32.6 Å². The number of nitrogens with zero attached hydrogens (tertiary/aromatic N) is 2.